The average molecular weight is 296 g/mol. The number of halogens is 1. The van der Waals surface area contributed by atoms with Crippen LogP contribution in [0.25, 0.3) is 0 Å². The van der Waals surface area contributed by atoms with E-state index in [2.05, 4.69) is 10.2 Å². The highest BCUT2D eigenvalue weighted by atomic mass is 32.2. The first-order valence-electron chi connectivity index (χ1n) is 7.56. The Bertz CT molecular complexity index is 383. The summed E-state index contributed by atoms with van der Waals surface area (Å²) >= 11 is 1.82. The molecule has 1 aromatic rings. The molecule has 0 bridgehead atoms. The molecule has 0 aliphatic carbocycles. The van der Waals surface area contributed by atoms with Gasteiger partial charge in [0.25, 0.3) is 0 Å². The number of rotatable bonds is 7. The van der Waals surface area contributed by atoms with Crippen LogP contribution in [-0.2, 0) is 0 Å². The lowest BCUT2D eigenvalue weighted by Crippen LogP contribution is -2.42. The summed E-state index contributed by atoms with van der Waals surface area (Å²) < 4.78 is 12.8. The fourth-order valence-corrected chi connectivity index (χ4v) is 3.69. The molecular formula is C16H25FN2S. The smallest absolute Gasteiger partial charge is 0.123 e. The Morgan fingerprint density at radius 2 is 2.10 bits per heavy atom. The molecule has 2 nitrogen and oxygen atoms in total. The second-order valence-electron chi connectivity index (χ2n) is 5.38. The molecule has 112 valence electrons. The monoisotopic (exact) mass is 296 g/mol. The minimum atomic E-state index is -0.155. The number of nitrogens with zero attached hydrogens (tertiary/aromatic N) is 1. The van der Waals surface area contributed by atoms with Crippen LogP contribution in [0, 0.1) is 5.82 Å². The Morgan fingerprint density at radius 3 is 2.85 bits per heavy atom. The molecule has 0 radical (unpaired) electrons. The number of thioether (sulfide) groups is 1. The molecule has 1 saturated heterocycles. The van der Waals surface area contributed by atoms with E-state index in [9.17, 15) is 4.39 Å². The molecule has 1 aromatic carbocycles. The number of hydrogen-bond acceptors (Lipinski definition) is 3. The molecule has 0 spiro atoms. The number of piperidine rings is 1. The molecule has 1 atom stereocenters. The summed E-state index contributed by atoms with van der Waals surface area (Å²) in [5.74, 6) is 0.930. The Balaban J connectivity index is 1.74. The van der Waals surface area contributed by atoms with E-state index in [0.29, 0.717) is 0 Å². The lowest BCUT2D eigenvalue weighted by atomic mass is 9.99. The van der Waals surface area contributed by atoms with Crippen molar-refractivity contribution in [2.75, 3.05) is 32.4 Å². The van der Waals surface area contributed by atoms with Gasteiger partial charge in [-0.2, -0.15) is 0 Å². The van der Waals surface area contributed by atoms with E-state index in [1.165, 1.54) is 32.2 Å². The van der Waals surface area contributed by atoms with Gasteiger partial charge >= 0.3 is 0 Å². The molecule has 1 unspecified atom stereocenters. The van der Waals surface area contributed by atoms with E-state index in [4.69, 9.17) is 0 Å². The minimum absolute atomic E-state index is 0.155. The van der Waals surface area contributed by atoms with E-state index in [1.807, 2.05) is 30.9 Å². The van der Waals surface area contributed by atoms with Crippen LogP contribution >= 0.6 is 11.8 Å². The maximum absolute atomic E-state index is 12.8. The quantitative estimate of drug-likeness (QED) is 0.777. The topological polar surface area (TPSA) is 15.3 Å². The SMILES string of the molecule is CNCCC1CCCCN1CCSc1ccc(F)cc1. The first-order valence-corrected chi connectivity index (χ1v) is 8.55. The van der Waals surface area contributed by atoms with Crippen LogP contribution in [0.3, 0.4) is 0 Å². The zero-order chi connectivity index (χ0) is 14.2. The van der Waals surface area contributed by atoms with Crippen molar-refractivity contribution in [3.8, 4) is 0 Å². The van der Waals surface area contributed by atoms with Crippen molar-refractivity contribution in [3.63, 3.8) is 0 Å². The van der Waals surface area contributed by atoms with E-state index in [1.54, 1.807) is 12.1 Å². The number of likely N-dealkylation sites (tertiary alicyclic amines) is 1. The van der Waals surface area contributed by atoms with Crippen LogP contribution in [0.15, 0.2) is 29.2 Å². The van der Waals surface area contributed by atoms with Gasteiger partial charge < -0.3 is 5.32 Å². The summed E-state index contributed by atoms with van der Waals surface area (Å²) in [4.78, 5) is 3.80. The number of nitrogens with one attached hydrogen (secondary N) is 1. The standard InChI is InChI=1S/C16H25FN2S/c1-18-10-9-15-4-2-3-11-19(15)12-13-20-16-7-5-14(17)6-8-16/h5-8,15,18H,2-4,9-13H2,1H3. The molecule has 4 heteroatoms. The fourth-order valence-electron chi connectivity index (χ4n) is 2.80. The Kier molecular flexibility index (Phi) is 6.83. The van der Waals surface area contributed by atoms with Crippen molar-refractivity contribution in [1.82, 2.24) is 10.2 Å². The summed E-state index contributed by atoms with van der Waals surface area (Å²) in [5.41, 5.74) is 0. The van der Waals surface area contributed by atoms with Gasteiger partial charge in [-0.3, -0.25) is 4.90 Å². The van der Waals surface area contributed by atoms with Crippen molar-refractivity contribution in [1.29, 1.82) is 0 Å². The van der Waals surface area contributed by atoms with Crippen molar-refractivity contribution >= 4 is 11.8 Å². The van der Waals surface area contributed by atoms with Crippen molar-refractivity contribution in [2.24, 2.45) is 0 Å². The third-order valence-corrected chi connectivity index (χ3v) is 4.93. The van der Waals surface area contributed by atoms with E-state index >= 15 is 0 Å². The minimum Gasteiger partial charge on any atom is -0.320 e. The van der Waals surface area contributed by atoms with Crippen LogP contribution in [-0.4, -0.2) is 43.4 Å². The van der Waals surface area contributed by atoms with Gasteiger partial charge in [0.1, 0.15) is 5.82 Å². The molecule has 1 N–H and O–H groups in total. The molecule has 0 amide bonds. The molecule has 20 heavy (non-hydrogen) atoms. The maximum atomic E-state index is 12.8. The van der Waals surface area contributed by atoms with E-state index < -0.39 is 0 Å². The van der Waals surface area contributed by atoms with E-state index in [0.717, 1.165) is 29.8 Å². The van der Waals surface area contributed by atoms with Crippen LogP contribution in [0.5, 0.6) is 0 Å². The molecule has 0 aromatic heterocycles. The molecule has 1 fully saturated rings. The Hall–Kier alpha value is -0.580. The van der Waals surface area contributed by atoms with Crippen LogP contribution in [0.1, 0.15) is 25.7 Å². The summed E-state index contributed by atoms with van der Waals surface area (Å²) in [5, 5.41) is 3.26. The third-order valence-electron chi connectivity index (χ3n) is 3.94. The van der Waals surface area contributed by atoms with Crippen molar-refractivity contribution in [3.05, 3.63) is 30.1 Å². The Labute approximate surface area is 126 Å². The molecule has 0 saturated carbocycles. The lowest BCUT2D eigenvalue weighted by Gasteiger charge is -2.35. The zero-order valence-corrected chi connectivity index (χ0v) is 13.1. The van der Waals surface area contributed by atoms with Gasteiger partial charge in [-0.1, -0.05) is 6.42 Å². The highest BCUT2D eigenvalue weighted by molar-refractivity contribution is 7.99. The fraction of sp³-hybridized carbons (Fsp3) is 0.625. The predicted molar refractivity (Wildman–Crippen MR) is 84.9 cm³/mol. The van der Waals surface area contributed by atoms with Gasteiger partial charge in [-0.05, 0) is 63.7 Å². The van der Waals surface area contributed by atoms with E-state index in [-0.39, 0.29) is 5.82 Å². The lowest BCUT2D eigenvalue weighted by molar-refractivity contribution is 0.149. The third kappa shape index (κ3) is 5.08. The second kappa shape index (κ2) is 8.65. The summed E-state index contributed by atoms with van der Waals surface area (Å²) in [7, 11) is 2.03. The first kappa shape index (κ1) is 15.8. The zero-order valence-electron chi connectivity index (χ0n) is 12.3. The van der Waals surface area contributed by atoms with Crippen LogP contribution in [0.4, 0.5) is 4.39 Å². The second-order valence-corrected chi connectivity index (χ2v) is 6.55. The van der Waals surface area contributed by atoms with Gasteiger partial charge in [0.15, 0.2) is 0 Å². The highest BCUT2D eigenvalue weighted by Gasteiger charge is 2.21. The van der Waals surface area contributed by atoms with Gasteiger partial charge in [0, 0.05) is 23.2 Å². The first-order chi connectivity index (χ1) is 9.79. The van der Waals surface area contributed by atoms with Crippen molar-refractivity contribution < 1.29 is 4.39 Å². The molecule has 2 rings (SSSR count). The molecular weight excluding hydrogens is 271 g/mol. The van der Waals surface area contributed by atoms with Gasteiger partial charge in [0.05, 0.1) is 0 Å². The maximum Gasteiger partial charge on any atom is 0.123 e. The molecule has 1 aliphatic rings. The number of hydrogen-bond donors (Lipinski definition) is 1. The largest absolute Gasteiger partial charge is 0.320 e. The average Bonchev–Trinajstić information content (AvgIpc) is 2.48. The van der Waals surface area contributed by atoms with Gasteiger partial charge in [-0.15, -0.1) is 11.8 Å². The summed E-state index contributed by atoms with van der Waals surface area (Å²) in [6, 6.07) is 7.56. The highest BCUT2D eigenvalue weighted by Crippen LogP contribution is 2.22. The van der Waals surface area contributed by atoms with Gasteiger partial charge in [-0.25, -0.2) is 4.39 Å². The summed E-state index contributed by atoms with van der Waals surface area (Å²) in [6.07, 6.45) is 5.29. The molecule has 1 heterocycles. The van der Waals surface area contributed by atoms with Crippen LogP contribution < -0.4 is 5.32 Å². The number of benzene rings is 1. The predicted octanol–water partition coefficient (Wildman–Crippen LogP) is 3.38. The van der Waals surface area contributed by atoms with Crippen molar-refractivity contribution in [2.45, 2.75) is 36.6 Å². The molecule has 1 aliphatic heterocycles. The summed E-state index contributed by atoms with van der Waals surface area (Å²) in [6.45, 7) is 3.47. The van der Waals surface area contributed by atoms with Gasteiger partial charge in [0.2, 0.25) is 0 Å². The Morgan fingerprint density at radius 1 is 1.30 bits per heavy atom. The normalized spacial score (nSPS) is 20.2. The van der Waals surface area contributed by atoms with Crippen LogP contribution in [0.2, 0.25) is 0 Å².